The van der Waals surface area contributed by atoms with E-state index in [0.717, 1.165) is 18.4 Å². The van der Waals surface area contributed by atoms with Gasteiger partial charge in [-0.05, 0) is 36.5 Å². The Morgan fingerprint density at radius 3 is 2.81 bits per heavy atom. The third-order valence-electron chi connectivity index (χ3n) is 4.07. The number of nitrogens with two attached hydrogens (primary N) is 1. The van der Waals surface area contributed by atoms with Crippen LogP contribution >= 0.6 is 0 Å². The molecule has 1 aromatic heterocycles. The van der Waals surface area contributed by atoms with Gasteiger partial charge in [-0.2, -0.15) is 0 Å². The van der Waals surface area contributed by atoms with Gasteiger partial charge in [-0.3, -0.25) is 5.41 Å². The van der Waals surface area contributed by atoms with Crippen molar-refractivity contribution in [2.24, 2.45) is 11.7 Å². The van der Waals surface area contributed by atoms with Crippen molar-refractivity contribution in [2.45, 2.75) is 25.9 Å². The molecule has 2 atom stereocenters. The van der Waals surface area contributed by atoms with E-state index in [0.29, 0.717) is 5.92 Å². The molecule has 1 aliphatic rings. The molecule has 1 aromatic carbocycles. The van der Waals surface area contributed by atoms with Crippen LogP contribution in [0.5, 0.6) is 0 Å². The summed E-state index contributed by atoms with van der Waals surface area (Å²) >= 11 is 0. The molecule has 0 radical (unpaired) electrons. The van der Waals surface area contributed by atoms with E-state index in [4.69, 9.17) is 15.9 Å². The Morgan fingerprint density at radius 1 is 1.33 bits per heavy atom. The highest BCUT2D eigenvalue weighted by atomic mass is 16.5. The topological polar surface area (TPSA) is 84.9 Å². The summed E-state index contributed by atoms with van der Waals surface area (Å²) in [5.74, 6) is 0.342. The van der Waals surface area contributed by atoms with Crippen LogP contribution in [0, 0.1) is 11.3 Å². The van der Waals surface area contributed by atoms with Crippen molar-refractivity contribution in [2.75, 3.05) is 0 Å². The van der Waals surface area contributed by atoms with Gasteiger partial charge in [0.25, 0.3) is 6.02 Å². The number of nitrogens with one attached hydrogen (secondary N) is 1. The highest BCUT2D eigenvalue weighted by molar-refractivity contribution is 5.69. The summed E-state index contributed by atoms with van der Waals surface area (Å²) < 4.78 is 5.35. The second kappa shape index (κ2) is 5.52. The summed E-state index contributed by atoms with van der Waals surface area (Å²) in [5.41, 5.74) is 10.2. The number of hydrogen-bond donors (Lipinski definition) is 2. The molecule has 0 amide bonds. The van der Waals surface area contributed by atoms with Crippen LogP contribution < -0.4 is 5.73 Å². The maximum atomic E-state index is 7.27. The highest BCUT2D eigenvalue weighted by Gasteiger charge is 2.29. The van der Waals surface area contributed by atoms with E-state index in [-0.39, 0.29) is 12.1 Å². The molecule has 0 bridgehead atoms. The van der Waals surface area contributed by atoms with Gasteiger partial charge in [-0.25, -0.2) is 9.97 Å². The summed E-state index contributed by atoms with van der Waals surface area (Å²) in [6.07, 6.45) is 7.03. The lowest BCUT2D eigenvalue weighted by Crippen LogP contribution is -2.28. The molecule has 0 saturated carbocycles. The van der Waals surface area contributed by atoms with Gasteiger partial charge in [0.2, 0.25) is 0 Å². The van der Waals surface area contributed by atoms with E-state index in [1.54, 1.807) is 0 Å². The maximum Gasteiger partial charge on any atom is 0.279 e. The van der Waals surface area contributed by atoms with Crippen molar-refractivity contribution in [1.29, 1.82) is 5.41 Å². The fraction of sp³-hybridized carbons (Fsp3) is 0.312. The molecule has 108 valence electrons. The first-order chi connectivity index (χ1) is 10.1. The minimum Gasteiger partial charge on any atom is -0.462 e. The molecular formula is C16H18N4O. The molecule has 5 nitrogen and oxygen atoms in total. The van der Waals surface area contributed by atoms with Crippen LogP contribution in [-0.2, 0) is 17.6 Å². The van der Waals surface area contributed by atoms with Gasteiger partial charge < -0.3 is 10.5 Å². The quantitative estimate of drug-likeness (QED) is 0.667. The van der Waals surface area contributed by atoms with Crippen LogP contribution in [-0.4, -0.2) is 22.1 Å². The number of aromatic nitrogens is 2. The van der Waals surface area contributed by atoms with Crippen molar-refractivity contribution in [3.63, 3.8) is 0 Å². The monoisotopic (exact) mass is 282 g/mol. The Bertz CT molecular complexity index is 657. The first-order valence-electron chi connectivity index (χ1n) is 7.02. The third kappa shape index (κ3) is 2.72. The second-order valence-electron chi connectivity index (χ2n) is 5.43. The molecule has 2 aromatic rings. The minimum absolute atomic E-state index is 0.0604. The van der Waals surface area contributed by atoms with Crippen molar-refractivity contribution in [3.8, 4) is 11.1 Å². The van der Waals surface area contributed by atoms with Gasteiger partial charge in [0.15, 0.2) is 0 Å². The highest BCUT2D eigenvalue weighted by Crippen LogP contribution is 2.36. The fourth-order valence-electron chi connectivity index (χ4n) is 3.02. The zero-order valence-electron chi connectivity index (χ0n) is 11.9. The van der Waals surface area contributed by atoms with Crippen molar-refractivity contribution in [1.82, 2.24) is 9.97 Å². The summed E-state index contributed by atoms with van der Waals surface area (Å²) in [6.45, 7) is 1.98. The molecule has 0 aliphatic heterocycles. The number of fused-ring (bicyclic) bond motifs is 1. The summed E-state index contributed by atoms with van der Waals surface area (Å²) in [7, 11) is 0. The van der Waals surface area contributed by atoms with Gasteiger partial charge in [-0.15, -0.1) is 0 Å². The number of ether oxygens (including phenoxy) is 1. The van der Waals surface area contributed by atoms with Crippen LogP contribution in [0.25, 0.3) is 11.1 Å². The van der Waals surface area contributed by atoms with Crippen LogP contribution in [0.1, 0.15) is 18.1 Å². The molecule has 1 aliphatic carbocycles. The molecule has 5 heteroatoms. The lowest BCUT2D eigenvalue weighted by Gasteiger charge is -2.19. The van der Waals surface area contributed by atoms with E-state index in [1.165, 1.54) is 23.0 Å². The Morgan fingerprint density at radius 2 is 2.10 bits per heavy atom. The van der Waals surface area contributed by atoms with E-state index in [2.05, 4.69) is 28.2 Å². The molecule has 3 N–H and O–H groups in total. The summed E-state index contributed by atoms with van der Waals surface area (Å²) in [6, 6.07) is 6.12. The van der Waals surface area contributed by atoms with Crippen LogP contribution in [0.4, 0.5) is 0 Å². The zero-order chi connectivity index (χ0) is 14.8. The van der Waals surface area contributed by atoms with Crippen LogP contribution in [0.15, 0.2) is 36.9 Å². The zero-order valence-corrected chi connectivity index (χ0v) is 11.9. The second-order valence-corrected chi connectivity index (χ2v) is 5.43. The van der Waals surface area contributed by atoms with Gasteiger partial charge in [-0.1, -0.05) is 18.2 Å². The standard InChI is InChI=1S/C16H18N4O/c1-10(21-16(17)18)12-5-11-3-2-4-14(15(11)6-12)13-7-19-9-20-8-13/h2-4,7-10,12H,5-6H2,1H3,(H3,17,18)/t10-,12?/m0/s1. The minimum atomic E-state index is -0.213. The third-order valence-corrected chi connectivity index (χ3v) is 4.07. The Balaban J connectivity index is 1.88. The number of benzene rings is 1. The van der Waals surface area contributed by atoms with Gasteiger partial charge >= 0.3 is 0 Å². The largest absolute Gasteiger partial charge is 0.462 e. The normalized spacial score (nSPS) is 18.0. The smallest absolute Gasteiger partial charge is 0.279 e. The molecule has 0 saturated heterocycles. The number of rotatable bonds is 3. The molecule has 0 fully saturated rings. The Labute approximate surface area is 123 Å². The van der Waals surface area contributed by atoms with E-state index in [1.807, 2.05) is 19.3 Å². The predicted octanol–water partition coefficient (Wildman–Crippen LogP) is 2.16. The first kappa shape index (κ1) is 13.5. The van der Waals surface area contributed by atoms with Crippen molar-refractivity contribution in [3.05, 3.63) is 48.0 Å². The van der Waals surface area contributed by atoms with Crippen LogP contribution in [0.2, 0.25) is 0 Å². The van der Waals surface area contributed by atoms with Gasteiger partial charge in [0.1, 0.15) is 12.4 Å². The van der Waals surface area contributed by atoms with Gasteiger partial charge in [0.05, 0.1) is 0 Å². The SMILES string of the molecule is C[C@H](OC(=N)N)C1Cc2cccc(-c3cncnc3)c2C1. The molecular weight excluding hydrogens is 264 g/mol. The molecule has 1 unspecified atom stereocenters. The van der Waals surface area contributed by atoms with E-state index < -0.39 is 0 Å². The predicted molar refractivity (Wildman–Crippen MR) is 80.8 cm³/mol. The maximum absolute atomic E-state index is 7.27. The Hall–Kier alpha value is -2.43. The van der Waals surface area contributed by atoms with E-state index >= 15 is 0 Å². The molecule has 1 heterocycles. The average Bonchev–Trinajstić information content (AvgIpc) is 2.91. The molecule has 21 heavy (non-hydrogen) atoms. The lowest BCUT2D eigenvalue weighted by atomic mass is 9.97. The first-order valence-corrected chi connectivity index (χ1v) is 7.02. The van der Waals surface area contributed by atoms with Crippen molar-refractivity contribution >= 4 is 6.02 Å². The summed E-state index contributed by atoms with van der Waals surface area (Å²) in [4.78, 5) is 8.20. The van der Waals surface area contributed by atoms with Gasteiger partial charge in [0, 0.05) is 23.9 Å². The molecule has 3 rings (SSSR count). The fourth-order valence-corrected chi connectivity index (χ4v) is 3.02. The average molecular weight is 282 g/mol. The number of nitrogens with zero attached hydrogens (tertiary/aromatic N) is 2. The summed E-state index contributed by atoms with van der Waals surface area (Å²) in [5, 5.41) is 7.27. The Kier molecular flexibility index (Phi) is 3.56. The number of hydrogen-bond acceptors (Lipinski definition) is 4. The number of amidine groups is 1. The van der Waals surface area contributed by atoms with Crippen LogP contribution in [0.3, 0.4) is 0 Å². The molecule has 0 spiro atoms. The van der Waals surface area contributed by atoms with Crippen molar-refractivity contribution < 1.29 is 4.74 Å². The van der Waals surface area contributed by atoms with E-state index in [9.17, 15) is 0 Å². The lowest BCUT2D eigenvalue weighted by molar-refractivity contribution is 0.139.